The minimum absolute atomic E-state index is 0.117. The predicted molar refractivity (Wildman–Crippen MR) is 170 cm³/mol. The van der Waals surface area contributed by atoms with Crippen LogP contribution in [0.5, 0.6) is 0 Å². The minimum atomic E-state index is -0.592. The number of halogens is 1. The summed E-state index contributed by atoms with van der Waals surface area (Å²) in [6.07, 6.45) is 3.33. The largest absolute Gasteiger partial charge is 0.462 e. The Kier molecular flexibility index (Phi) is 9.33. The van der Waals surface area contributed by atoms with Crippen molar-refractivity contribution >= 4 is 69.1 Å². The number of amides is 3. The fourth-order valence-electron chi connectivity index (χ4n) is 4.87. The van der Waals surface area contributed by atoms with Crippen LogP contribution < -0.4 is 5.32 Å². The summed E-state index contributed by atoms with van der Waals surface area (Å²) >= 11 is 6.97. The molecule has 1 fully saturated rings. The number of carbonyl (C=O) groups excluding carboxylic acids is 4. The third-order valence-electron chi connectivity index (χ3n) is 7.12. The third-order valence-corrected chi connectivity index (χ3v) is 8.35. The van der Waals surface area contributed by atoms with E-state index in [0.29, 0.717) is 12.2 Å². The number of thioether (sulfide) groups is 1. The van der Waals surface area contributed by atoms with Crippen LogP contribution in [0.2, 0.25) is 5.02 Å². The molecule has 0 unspecified atom stereocenters. The molecule has 2 heterocycles. The highest BCUT2D eigenvalue weighted by Gasteiger charge is 2.36. The van der Waals surface area contributed by atoms with E-state index < -0.39 is 29.6 Å². The quantitative estimate of drug-likeness (QED) is 0.114. The summed E-state index contributed by atoms with van der Waals surface area (Å²) in [7, 11) is 0. The van der Waals surface area contributed by atoms with Crippen LogP contribution >= 0.6 is 23.4 Å². The van der Waals surface area contributed by atoms with Crippen LogP contribution in [-0.2, 0) is 20.9 Å². The van der Waals surface area contributed by atoms with Crippen molar-refractivity contribution in [1.82, 2.24) is 9.47 Å². The molecule has 3 amide bonds. The zero-order valence-electron chi connectivity index (χ0n) is 23.8. The van der Waals surface area contributed by atoms with Crippen molar-refractivity contribution < 1.29 is 23.9 Å². The topological polar surface area (TPSA) is 97.7 Å². The Bertz CT molecular complexity index is 1750. The molecule has 0 atom stereocenters. The molecule has 1 saturated heterocycles. The van der Waals surface area contributed by atoms with Crippen LogP contribution in [0.3, 0.4) is 0 Å². The monoisotopic (exact) mass is 615 g/mol. The second-order valence-electron chi connectivity index (χ2n) is 10.1. The molecule has 0 bridgehead atoms. The number of imide groups is 1. The first-order valence-electron chi connectivity index (χ1n) is 13.9. The second-order valence-corrected chi connectivity index (χ2v) is 11.5. The maximum atomic E-state index is 13.3. The smallest absolute Gasteiger partial charge is 0.339 e. The number of fused-ring (bicyclic) bond motifs is 1. The van der Waals surface area contributed by atoms with E-state index in [1.54, 1.807) is 6.08 Å². The lowest BCUT2D eigenvalue weighted by molar-refractivity contribution is -0.127. The Morgan fingerprint density at radius 2 is 1.77 bits per heavy atom. The van der Waals surface area contributed by atoms with Crippen molar-refractivity contribution in [3.8, 4) is 0 Å². The van der Waals surface area contributed by atoms with Crippen molar-refractivity contribution in [2.45, 2.75) is 33.2 Å². The summed E-state index contributed by atoms with van der Waals surface area (Å²) in [4.78, 5) is 52.6. The molecule has 220 valence electrons. The third kappa shape index (κ3) is 6.68. The number of benzene rings is 3. The van der Waals surface area contributed by atoms with E-state index in [2.05, 4.69) is 22.0 Å². The lowest BCUT2D eigenvalue weighted by Gasteiger charge is -2.13. The molecular formula is C33H30ClN3O5S. The Balaban J connectivity index is 1.32. The highest BCUT2D eigenvalue weighted by atomic mass is 35.5. The first-order valence-corrected chi connectivity index (χ1v) is 15.1. The van der Waals surface area contributed by atoms with Gasteiger partial charge in [-0.15, -0.1) is 0 Å². The van der Waals surface area contributed by atoms with E-state index in [4.69, 9.17) is 16.3 Å². The molecule has 10 heteroatoms. The van der Waals surface area contributed by atoms with Gasteiger partial charge in [-0.1, -0.05) is 73.5 Å². The molecule has 43 heavy (non-hydrogen) atoms. The van der Waals surface area contributed by atoms with Gasteiger partial charge in [-0.2, -0.15) is 0 Å². The van der Waals surface area contributed by atoms with Crippen molar-refractivity contribution in [1.29, 1.82) is 0 Å². The van der Waals surface area contributed by atoms with Crippen molar-refractivity contribution in [3.63, 3.8) is 0 Å². The molecule has 0 aliphatic carbocycles. The molecule has 5 rings (SSSR count). The number of carbonyl (C=O) groups is 4. The lowest BCUT2D eigenvalue weighted by atomic mass is 10.1. The van der Waals surface area contributed by atoms with E-state index in [1.165, 1.54) is 18.2 Å². The van der Waals surface area contributed by atoms with Crippen LogP contribution in [0, 0.1) is 6.92 Å². The van der Waals surface area contributed by atoms with Gasteiger partial charge in [0.05, 0.1) is 22.1 Å². The average Bonchev–Trinajstić information content (AvgIpc) is 3.41. The van der Waals surface area contributed by atoms with E-state index >= 15 is 0 Å². The first kappa shape index (κ1) is 30.1. The number of aromatic nitrogens is 1. The Hall–Kier alpha value is -4.34. The Labute approximate surface area is 258 Å². The lowest BCUT2D eigenvalue weighted by Crippen LogP contribution is -2.36. The van der Waals surface area contributed by atoms with Crippen LogP contribution in [0.25, 0.3) is 17.0 Å². The summed E-state index contributed by atoms with van der Waals surface area (Å²) in [6.45, 7) is 4.42. The van der Waals surface area contributed by atoms with Gasteiger partial charge in [0, 0.05) is 34.4 Å². The number of anilines is 1. The zero-order chi connectivity index (χ0) is 30.5. The predicted octanol–water partition coefficient (Wildman–Crippen LogP) is 7.28. The van der Waals surface area contributed by atoms with Crippen LogP contribution in [0.15, 0.2) is 77.7 Å². The number of para-hydroxylation sites is 1. The number of hydrogen-bond acceptors (Lipinski definition) is 6. The molecule has 1 aromatic heterocycles. The molecule has 8 nitrogen and oxygen atoms in total. The number of nitrogens with one attached hydrogen (secondary N) is 1. The fourth-order valence-corrected chi connectivity index (χ4v) is 5.88. The molecule has 0 radical (unpaired) electrons. The molecule has 0 spiro atoms. The Morgan fingerprint density at radius 3 is 2.53 bits per heavy atom. The molecule has 0 saturated carbocycles. The summed E-state index contributed by atoms with van der Waals surface area (Å²) in [5, 5.41) is 3.26. The van der Waals surface area contributed by atoms with Crippen molar-refractivity contribution in [2.24, 2.45) is 0 Å². The van der Waals surface area contributed by atoms with Crippen LogP contribution in [0.4, 0.5) is 10.5 Å². The number of rotatable bonds is 10. The summed E-state index contributed by atoms with van der Waals surface area (Å²) in [5.74, 6) is -1.72. The maximum absolute atomic E-state index is 13.3. The molecule has 1 aliphatic rings. The first-order chi connectivity index (χ1) is 20.8. The van der Waals surface area contributed by atoms with E-state index in [0.717, 1.165) is 57.2 Å². The molecule has 4 aromatic rings. The number of esters is 1. The zero-order valence-corrected chi connectivity index (χ0v) is 25.3. The number of ether oxygens (including phenoxy) is 1. The SMILES string of the molecule is CCCCOC(=O)c1cc(NC(=O)CN2C(=O)S/C(=C\c3c(C)n(Cc4ccccc4)c4ccccc34)C2=O)ccc1Cl. The van der Waals surface area contributed by atoms with Gasteiger partial charge in [0.25, 0.3) is 11.1 Å². The number of nitrogens with zero attached hydrogens (tertiary/aromatic N) is 2. The Morgan fingerprint density at radius 1 is 1.02 bits per heavy atom. The van der Waals surface area contributed by atoms with Gasteiger partial charge in [-0.3, -0.25) is 19.3 Å². The second kappa shape index (κ2) is 13.3. The van der Waals surface area contributed by atoms with E-state index in [-0.39, 0.29) is 22.1 Å². The van der Waals surface area contributed by atoms with Crippen molar-refractivity contribution in [2.75, 3.05) is 18.5 Å². The van der Waals surface area contributed by atoms with E-state index in [9.17, 15) is 19.2 Å². The van der Waals surface area contributed by atoms with Gasteiger partial charge in [-0.05, 0) is 61.0 Å². The number of unbranched alkanes of at least 4 members (excludes halogenated alkanes) is 1. The fraction of sp³-hybridized carbons (Fsp3) is 0.212. The van der Waals surface area contributed by atoms with Gasteiger partial charge in [0.1, 0.15) is 6.54 Å². The highest BCUT2D eigenvalue weighted by molar-refractivity contribution is 8.18. The van der Waals surface area contributed by atoms with Gasteiger partial charge in [0.2, 0.25) is 5.91 Å². The van der Waals surface area contributed by atoms with Gasteiger partial charge in [0.15, 0.2) is 0 Å². The van der Waals surface area contributed by atoms with Crippen LogP contribution in [-0.4, -0.2) is 45.6 Å². The summed E-state index contributed by atoms with van der Waals surface area (Å²) < 4.78 is 7.42. The normalized spacial score (nSPS) is 14.1. The minimum Gasteiger partial charge on any atom is -0.462 e. The molecule has 3 aromatic carbocycles. The van der Waals surface area contributed by atoms with Gasteiger partial charge in [-0.25, -0.2) is 4.79 Å². The highest BCUT2D eigenvalue weighted by Crippen LogP contribution is 2.36. The molecular weight excluding hydrogens is 586 g/mol. The molecule has 1 aliphatic heterocycles. The maximum Gasteiger partial charge on any atom is 0.339 e. The van der Waals surface area contributed by atoms with E-state index in [1.807, 2.05) is 56.3 Å². The van der Waals surface area contributed by atoms with Gasteiger partial charge < -0.3 is 14.6 Å². The standard InChI is InChI=1S/C33H30ClN3O5S/c1-3-4-16-42-32(40)26-17-23(14-15-27(26)34)35-30(38)20-37-31(39)29(43-33(37)41)18-25-21(2)36(19-22-10-6-5-7-11-22)28-13-9-8-12-24(25)28/h5-15,17-18H,3-4,16,19-20H2,1-2H3,(H,35,38)/b29-18-. The summed E-state index contributed by atoms with van der Waals surface area (Å²) in [5.41, 5.74) is 4.38. The summed E-state index contributed by atoms with van der Waals surface area (Å²) in [6, 6.07) is 22.5. The van der Waals surface area contributed by atoms with Crippen molar-refractivity contribution in [3.05, 3.63) is 105 Å². The van der Waals surface area contributed by atoms with Gasteiger partial charge >= 0.3 is 5.97 Å². The average molecular weight is 616 g/mol. The van der Waals surface area contributed by atoms with Crippen LogP contribution in [0.1, 0.15) is 46.9 Å². The molecule has 1 N–H and O–H groups in total. The number of hydrogen-bond donors (Lipinski definition) is 1.